The molecule has 0 bridgehead atoms. The molecule has 3 rings (SSSR count). The SMILES string of the molecule is CN=C(NCc1csc(-c2ccc(OC)cc2)n1)N(C)Cc1csc(C)n1. The van der Waals surface area contributed by atoms with E-state index in [0.29, 0.717) is 6.54 Å². The highest BCUT2D eigenvalue weighted by molar-refractivity contribution is 7.13. The summed E-state index contributed by atoms with van der Waals surface area (Å²) >= 11 is 3.30. The summed E-state index contributed by atoms with van der Waals surface area (Å²) in [5.41, 5.74) is 3.13. The molecule has 0 radical (unpaired) electrons. The van der Waals surface area contributed by atoms with Crippen LogP contribution >= 0.6 is 22.7 Å². The van der Waals surface area contributed by atoms with Gasteiger partial charge in [0.05, 0.1) is 36.6 Å². The van der Waals surface area contributed by atoms with Crippen LogP contribution in [0, 0.1) is 6.92 Å². The Morgan fingerprint density at radius 3 is 2.52 bits per heavy atom. The van der Waals surface area contributed by atoms with Crippen molar-refractivity contribution in [3.8, 4) is 16.3 Å². The lowest BCUT2D eigenvalue weighted by molar-refractivity contribution is 0.415. The van der Waals surface area contributed by atoms with E-state index in [0.717, 1.165) is 45.2 Å². The van der Waals surface area contributed by atoms with Crippen molar-refractivity contribution in [2.45, 2.75) is 20.0 Å². The molecule has 142 valence electrons. The number of methoxy groups -OCH3 is 1. The third-order valence-corrected chi connectivity index (χ3v) is 5.72. The molecule has 0 unspecified atom stereocenters. The molecule has 0 atom stereocenters. The molecule has 0 saturated carbocycles. The molecule has 0 aliphatic heterocycles. The highest BCUT2D eigenvalue weighted by Crippen LogP contribution is 2.25. The van der Waals surface area contributed by atoms with Crippen molar-refractivity contribution in [1.29, 1.82) is 0 Å². The number of thiazole rings is 2. The fourth-order valence-electron chi connectivity index (χ4n) is 2.61. The second kappa shape index (κ2) is 8.96. The number of hydrogen-bond acceptors (Lipinski definition) is 6. The number of guanidine groups is 1. The zero-order valence-electron chi connectivity index (χ0n) is 15.9. The van der Waals surface area contributed by atoms with Gasteiger partial charge in [-0.05, 0) is 31.2 Å². The number of benzene rings is 1. The van der Waals surface area contributed by atoms with Gasteiger partial charge in [0.15, 0.2) is 5.96 Å². The van der Waals surface area contributed by atoms with E-state index in [4.69, 9.17) is 9.72 Å². The third-order valence-electron chi connectivity index (χ3n) is 3.96. The Bertz CT molecular complexity index is 901. The zero-order valence-corrected chi connectivity index (χ0v) is 17.5. The summed E-state index contributed by atoms with van der Waals surface area (Å²) in [6, 6.07) is 7.95. The average Bonchev–Trinajstić information content (AvgIpc) is 3.31. The Labute approximate surface area is 167 Å². The van der Waals surface area contributed by atoms with E-state index in [1.165, 1.54) is 0 Å². The van der Waals surface area contributed by atoms with E-state index < -0.39 is 0 Å². The molecule has 0 saturated heterocycles. The minimum absolute atomic E-state index is 0.625. The molecule has 0 aliphatic carbocycles. The van der Waals surface area contributed by atoms with Crippen LogP contribution in [0.1, 0.15) is 16.4 Å². The van der Waals surface area contributed by atoms with E-state index in [9.17, 15) is 0 Å². The fraction of sp³-hybridized carbons (Fsp3) is 0.316. The topological polar surface area (TPSA) is 62.6 Å². The molecular formula is C19H23N5OS2. The van der Waals surface area contributed by atoms with Crippen molar-refractivity contribution >= 4 is 28.6 Å². The Morgan fingerprint density at radius 1 is 1.15 bits per heavy atom. The van der Waals surface area contributed by atoms with Crippen LogP contribution in [0.15, 0.2) is 40.0 Å². The van der Waals surface area contributed by atoms with Gasteiger partial charge in [0.1, 0.15) is 10.8 Å². The molecule has 2 aromatic heterocycles. The lowest BCUT2D eigenvalue weighted by Crippen LogP contribution is -2.38. The van der Waals surface area contributed by atoms with Crippen molar-refractivity contribution in [3.05, 3.63) is 51.4 Å². The monoisotopic (exact) mass is 401 g/mol. The first-order chi connectivity index (χ1) is 13.1. The van der Waals surface area contributed by atoms with Gasteiger partial charge in [0.2, 0.25) is 0 Å². The lowest BCUT2D eigenvalue weighted by Gasteiger charge is -2.20. The summed E-state index contributed by atoms with van der Waals surface area (Å²) in [5.74, 6) is 1.67. The maximum absolute atomic E-state index is 5.21. The number of ether oxygens (including phenoxy) is 1. The van der Waals surface area contributed by atoms with Gasteiger partial charge in [-0.25, -0.2) is 9.97 Å². The van der Waals surface area contributed by atoms with E-state index in [1.807, 2.05) is 38.2 Å². The summed E-state index contributed by atoms with van der Waals surface area (Å²) in [6.07, 6.45) is 0. The fourth-order valence-corrected chi connectivity index (χ4v) is 4.04. The summed E-state index contributed by atoms with van der Waals surface area (Å²) in [7, 11) is 5.46. The molecule has 2 heterocycles. The highest BCUT2D eigenvalue weighted by Gasteiger charge is 2.10. The van der Waals surface area contributed by atoms with Crippen LogP contribution in [0.2, 0.25) is 0 Å². The van der Waals surface area contributed by atoms with Crippen molar-refractivity contribution in [1.82, 2.24) is 20.2 Å². The van der Waals surface area contributed by atoms with Crippen LogP contribution in [0.25, 0.3) is 10.6 Å². The Hall–Kier alpha value is -2.45. The first kappa shape index (κ1) is 19.3. The Kier molecular flexibility index (Phi) is 6.41. The van der Waals surface area contributed by atoms with Gasteiger partial charge in [0, 0.05) is 30.4 Å². The van der Waals surface area contributed by atoms with Gasteiger partial charge < -0.3 is 15.0 Å². The van der Waals surface area contributed by atoms with Crippen LogP contribution < -0.4 is 10.1 Å². The van der Waals surface area contributed by atoms with Crippen molar-refractivity contribution in [3.63, 3.8) is 0 Å². The number of aryl methyl sites for hydroxylation is 1. The molecule has 27 heavy (non-hydrogen) atoms. The molecule has 1 N–H and O–H groups in total. The van der Waals surface area contributed by atoms with Gasteiger partial charge >= 0.3 is 0 Å². The molecule has 3 aromatic rings. The predicted molar refractivity (Wildman–Crippen MR) is 113 cm³/mol. The number of aromatic nitrogens is 2. The van der Waals surface area contributed by atoms with Crippen LogP contribution in [0.5, 0.6) is 5.75 Å². The summed E-state index contributed by atoms with van der Waals surface area (Å²) in [5, 5.41) is 9.60. The standard InChI is InChI=1S/C19H23N5OS2/c1-13-22-16(12-26-13)10-24(3)19(20-2)21-9-15-11-27-18(23-15)14-5-7-17(25-4)8-6-14/h5-8,11-12H,9-10H2,1-4H3,(H,20,21). The average molecular weight is 402 g/mol. The van der Waals surface area contributed by atoms with Crippen LogP contribution in [0.4, 0.5) is 0 Å². The predicted octanol–water partition coefficient (Wildman–Crippen LogP) is 3.79. The second-order valence-electron chi connectivity index (χ2n) is 5.99. The van der Waals surface area contributed by atoms with E-state index in [1.54, 1.807) is 36.8 Å². The minimum Gasteiger partial charge on any atom is -0.497 e. The maximum atomic E-state index is 5.21. The van der Waals surface area contributed by atoms with Crippen LogP contribution in [-0.4, -0.2) is 42.0 Å². The van der Waals surface area contributed by atoms with E-state index in [2.05, 4.69) is 31.0 Å². The molecular weight excluding hydrogens is 378 g/mol. The molecule has 6 nitrogen and oxygen atoms in total. The highest BCUT2D eigenvalue weighted by atomic mass is 32.1. The molecule has 1 aromatic carbocycles. The van der Waals surface area contributed by atoms with Crippen LogP contribution in [-0.2, 0) is 13.1 Å². The molecule has 0 aliphatic rings. The summed E-state index contributed by atoms with van der Waals surface area (Å²) < 4.78 is 5.21. The number of aliphatic imine (C=N–C) groups is 1. The molecule has 0 amide bonds. The lowest BCUT2D eigenvalue weighted by atomic mass is 10.2. The second-order valence-corrected chi connectivity index (χ2v) is 7.91. The Morgan fingerprint density at radius 2 is 1.89 bits per heavy atom. The van der Waals surface area contributed by atoms with E-state index in [-0.39, 0.29) is 0 Å². The largest absolute Gasteiger partial charge is 0.497 e. The first-order valence-electron chi connectivity index (χ1n) is 8.50. The smallest absolute Gasteiger partial charge is 0.194 e. The molecule has 0 spiro atoms. The quantitative estimate of drug-likeness (QED) is 0.503. The minimum atomic E-state index is 0.625. The summed E-state index contributed by atoms with van der Waals surface area (Å²) in [4.78, 5) is 15.6. The van der Waals surface area contributed by atoms with Crippen molar-refractivity contribution < 1.29 is 4.74 Å². The molecule has 0 fully saturated rings. The van der Waals surface area contributed by atoms with Gasteiger partial charge in [-0.15, -0.1) is 22.7 Å². The van der Waals surface area contributed by atoms with Gasteiger partial charge in [0.25, 0.3) is 0 Å². The zero-order chi connectivity index (χ0) is 19.2. The van der Waals surface area contributed by atoms with Gasteiger partial charge in [-0.1, -0.05) is 0 Å². The van der Waals surface area contributed by atoms with Crippen molar-refractivity contribution in [2.75, 3.05) is 21.2 Å². The van der Waals surface area contributed by atoms with Gasteiger partial charge in [-0.3, -0.25) is 4.99 Å². The summed E-state index contributed by atoms with van der Waals surface area (Å²) in [6.45, 7) is 3.36. The number of nitrogens with zero attached hydrogens (tertiary/aromatic N) is 4. The van der Waals surface area contributed by atoms with E-state index >= 15 is 0 Å². The maximum Gasteiger partial charge on any atom is 0.194 e. The number of hydrogen-bond donors (Lipinski definition) is 1. The van der Waals surface area contributed by atoms with Crippen molar-refractivity contribution in [2.24, 2.45) is 4.99 Å². The first-order valence-corrected chi connectivity index (χ1v) is 10.3. The number of nitrogens with one attached hydrogen (secondary N) is 1. The number of rotatable bonds is 6. The Balaban J connectivity index is 1.59. The van der Waals surface area contributed by atoms with Gasteiger partial charge in [-0.2, -0.15) is 0 Å². The normalized spacial score (nSPS) is 11.5. The third kappa shape index (κ3) is 5.05. The van der Waals surface area contributed by atoms with Crippen LogP contribution in [0.3, 0.4) is 0 Å². The molecule has 8 heteroatoms.